The van der Waals surface area contributed by atoms with Gasteiger partial charge in [-0.25, -0.2) is 4.79 Å². The number of carbonyl (C=O) groups is 1. The van der Waals surface area contributed by atoms with Crippen LogP contribution < -0.4 is 15.4 Å². The number of nitro benzene ring substituents is 1. The first-order chi connectivity index (χ1) is 11.9. The largest absolute Gasteiger partial charge is 0.493 e. The van der Waals surface area contributed by atoms with E-state index in [2.05, 4.69) is 10.6 Å². The van der Waals surface area contributed by atoms with Gasteiger partial charge in [0.05, 0.1) is 30.3 Å². The number of nitrogens with zero attached hydrogens (tertiary/aromatic N) is 1. The summed E-state index contributed by atoms with van der Waals surface area (Å²) in [6.45, 7) is 4.08. The molecule has 0 aliphatic carbocycles. The molecule has 2 N–H and O–H groups in total. The first kappa shape index (κ1) is 18.7. The SMILES string of the molecule is CCCOc1ccc([N+](=O)[O-])cc1C1NC(=S)NC(C)=C1C(=O)OC. The van der Waals surface area contributed by atoms with Crippen LogP contribution in [0, 0.1) is 10.1 Å². The maximum Gasteiger partial charge on any atom is 0.337 e. The van der Waals surface area contributed by atoms with E-state index in [-0.39, 0.29) is 11.3 Å². The van der Waals surface area contributed by atoms with E-state index in [1.54, 1.807) is 6.92 Å². The molecule has 8 nitrogen and oxygen atoms in total. The Morgan fingerprint density at radius 2 is 2.16 bits per heavy atom. The van der Waals surface area contributed by atoms with Crippen LogP contribution in [-0.2, 0) is 9.53 Å². The van der Waals surface area contributed by atoms with Gasteiger partial charge < -0.3 is 20.1 Å². The summed E-state index contributed by atoms with van der Waals surface area (Å²) >= 11 is 5.17. The molecule has 1 heterocycles. The second-order valence-electron chi connectivity index (χ2n) is 5.39. The zero-order valence-corrected chi connectivity index (χ0v) is 14.9. The maximum atomic E-state index is 12.2. The first-order valence-electron chi connectivity index (χ1n) is 7.66. The number of non-ortho nitro benzene ring substituents is 1. The highest BCUT2D eigenvalue weighted by atomic mass is 32.1. The molecule has 25 heavy (non-hydrogen) atoms. The van der Waals surface area contributed by atoms with E-state index in [1.807, 2.05) is 6.92 Å². The van der Waals surface area contributed by atoms with Crippen LogP contribution in [0.25, 0.3) is 0 Å². The quantitative estimate of drug-likeness (QED) is 0.343. The molecule has 0 amide bonds. The van der Waals surface area contributed by atoms with Gasteiger partial charge in [0.1, 0.15) is 5.75 Å². The molecule has 9 heteroatoms. The number of methoxy groups -OCH3 is 1. The van der Waals surface area contributed by atoms with Gasteiger partial charge in [-0.05, 0) is 31.6 Å². The lowest BCUT2D eigenvalue weighted by molar-refractivity contribution is -0.385. The molecule has 1 aromatic rings. The fourth-order valence-electron chi connectivity index (χ4n) is 2.53. The minimum Gasteiger partial charge on any atom is -0.493 e. The number of carbonyl (C=O) groups excluding carboxylic acids is 1. The Hall–Kier alpha value is -2.68. The second-order valence-corrected chi connectivity index (χ2v) is 5.80. The highest BCUT2D eigenvalue weighted by molar-refractivity contribution is 7.80. The third-order valence-electron chi connectivity index (χ3n) is 3.65. The zero-order valence-electron chi connectivity index (χ0n) is 14.1. The van der Waals surface area contributed by atoms with Gasteiger partial charge in [-0.15, -0.1) is 0 Å². The zero-order chi connectivity index (χ0) is 18.6. The van der Waals surface area contributed by atoms with E-state index < -0.39 is 16.9 Å². The van der Waals surface area contributed by atoms with Gasteiger partial charge in [-0.2, -0.15) is 0 Å². The third-order valence-corrected chi connectivity index (χ3v) is 3.87. The molecule has 0 fully saturated rings. The molecular formula is C16H19N3O5S. The number of allylic oxidation sites excluding steroid dienone is 1. The summed E-state index contributed by atoms with van der Waals surface area (Å²) < 4.78 is 10.6. The number of rotatable bonds is 6. The van der Waals surface area contributed by atoms with Gasteiger partial charge >= 0.3 is 5.97 Å². The van der Waals surface area contributed by atoms with E-state index in [1.165, 1.54) is 25.3 Å². The Kier molecular flexibility index (Phi) is 5.92. The van der Waals surface area contributed by atoms with Crippen molar-refractivity contribution in [3.63, 3.8) is 0 Å². The minimum atomic E-state index is -0.715. The molecule has 0 aromatic heterocycles. The predicted molar refractivity (Wildman–Crippen MR) is 95.2 cm³/mol. The Labute approximate surface area is 150 Å². The van der Waals surface area contributed by atoms with Crippen LogP contribution in [0.1, 0.15) is 31.9 Å². The Bertz CT molecular complexity index is 747. The van der Waals surface area contributed by atoms with Gasteiger partial charge in [-0.1, -0.05) is 6.92 Å². The number of ether oxygens (including phenoxy) is 2. The van der Waals surface area contributed by atoms with Gasteiger partial charge in [-0.3, -0.25) is 10.1 Å². The van der Waals surface area contributed by atoms with Gasteiger partial charge in [0, 0.05) is 23.4 Å². The molecule has 1 atom stereocenters. The Balaban J connectivity index is 2.60. The maximum absolute atomic E-state index is 12.2. The van der Waals surface area contributed by atoms with E-state index in [9.17, 15) is 14.9 Å². The molecule has 1 aliphatic rings. The lowest BCUT2D eigenvalue weighted by Gasteiger charge is -2.30. The van der Waals surface area contributed by atoms with Crippen molar-refractivity contribution in [2.45, 2.75) is 26.3 Å². The number of hydrogen-bond donors (Lipinski definition) is 2. The van der Waals surface area contributed by atoms with Crippen LogP contribution >= 0.6 is 12.2 Å². The van der Waals surface area contributed by atoms with Crippen molar-refractivity contribution in [1.82, 2.24) is 10.6 Å². The Morgan fingerprint density at radius 1 is 1.44 bits per heavy atom. The first-order valence-corrected chi connectivity index (χ1v) is 8.07. The number of benzene rings is 1. The van der Waals surface area contributed by atoms with Gasteiger partial charge in [0.15, 0.2) is 5.11 Å². The summed E-state index contributed by atoms with van der Waals surface area (Å²) in [6.07, 6.45) is 0.771. The van der Waals surface area contributed by atoms with Crippen molar-refractivity contribution in [3.8, 4) is 5.75 Å². The summed E-state index contributed by atoms with van der Waals surface area (Å²) in [6, 6.07) is 3.56. The molecule has 0 saturated heterocycles. The van der Waals surface area contributed by atoms with Crippen LogP contribution in [0.2, 0.25) is 0 Å². The molecule has 134 valence electrons. The van der Waals surface area contributed by atoms with Crippen LogP contribution in [0.3, 0.4) is 0 Å². The van der Waals surface area contributed by atoms with Crippen molar-refractivity contribution in [1.29, 1.82) is 0 Å². The molecule has 1 unspecified atom stereocenters. The second kappa shape index (κ2) is 7.93. The van der Waals surface area contributed by atoms with Crippen LogP contribution in [0.15, 0.2) is 29.5 Å². The van der Waals surface area contributed by atoms with Crippen molar-refractivity contribution < 1.29 is 19.2 Å². The lowest BCUT2D eigenvalue weighted by Crippen LogP contribution is -2.45. The van der Waals surface area contributed by atoms with Gasteiger partial charge in [0.25, 0.3) is 5.69 Å². The summed E-state index contributed by atoms with van der Waals surface area (Å²) in [5, 5.41) is 17.3. The fraction of sp³-hybridized carbons (Fsp3) is 0.375. The number of nitrogens with one attached hydrogen (secondary N) is 2. The van der Waals surface area contributed by atoms with E-state index >= 15 is 0 Å². The summed E-state index contributed by atoms with van der Waals surface area (Å²) in [5.41, 5.74) is 1.16. The van der Waals surface area contributed by atoms with Crippen molar-refractivity contribution >= 4 is 29.0 Å². The molecular weight excluding hydrogens is 346 g/mol. The van der Waals surface area contributed by atoms with E-state index in [4.69, 9.17) is 21.7 Å². The topological polar surface area (TPSA) is 103 Å². The molecule has 1 aliphatic heterocycles. The third kappa shape index (κ3) is 4.05. The summed E-state index contributed by atoms with van der Waals surface area (Å²) in [4.78, 5) is 22.9. The molecule has 2 rings (SSSR count). The van der Waals surface area contributed by atoms with Crippen molar-refractivity contribution in [2.24, 2.45) is 0 Å². The highest BCUT2D eigenvalue weighted by Gasteiger charge is 2.33. The molecule has 0 saturated carbocycles. The van der Waals surface area contributed by atoms with Crippen molar-refractivity contribution in [2.75, 3.05) is 13.7 Å². The molecule has 0 radical (unpaired) electrons. The van der Waals surface area contributed by atoms with E-state index in [0.717, 1.165) is 6.42 Å². The smallest absolute Gasteiger partial charge is 0.337 e. The highest BCUT2D eigenvalue weighted by Crippen LogP contribution is 2.36. The minimum absolute atomic E-state index is 0.105. The standard InChI is InChI=1S/C16H19N3O5S/c1-4-7-24-12-6-5-10(19(21)22)8-11(12)14-13(15(20)23-3)9(2)17-16(25)18-14/h5-6,8,14H,4,7H2,1-3H3,(H2,17,18,25). The fourth-order valence-corrected chi connectivity index (χ4v) is 2.80. The number of thiocarbonyl (C=S) groups is 1. The molecule has 0 spiro atoms. The van der Waals surface area contributed by atoms with Crippen LogP contribution in [-0.4, -0.2) is 29.7 Å². The Morgan fingerprint density at radius 3 is 2.76 bits per heavy atom. The number of esters is 1. The predicted octanol–water partition coefficient (Wildman–Crippen LogP) is 2.35. The van der Waals surface area contributed by atoms with Gasteiger partial charge in [0.2, 0.25) is 0 Å². The molecule has 0 bridgehead atoms. The van der Waals surface area contributed by atoms with Crippen LogP contribution in [0.4, 0.5) is 5.69 Å². The number of nitro groups is 1. The number of hydrogen-bond acceptors (Lipinski definition) is 6. The average Bonchev–Trinajstić information content (AvgIpc) is 2.58. The van der Waals surface area contributed by atoms with E-state index in [0.29, 0.717) is 28.7 Å². The lowest BCUT2D eigenvalue weighted by atomic mass is 9.94. The molecule has 1 aromatic carbocycles. The van der Waals surface area contributed by atoms with Crippen molar-refractivity contribution in [3.05, 3.63) is 45.1 Å². The average molecular weight is 365 g/mol. The summed E-state index contributed by atoms with van der Waals surface area (Å²) in [7, 11) is 1.27. The summed E-state index contributed by atoms with van der Waals surface area (Å²) in [5.74, 6) is -0.109. The normalized spacial score (nSPS) is 16.8. The van der Waals surface area contributed by atoms with Crippen LogP contribution in [0.5, 0.6) is 5.75 Å². The monoisotopic (exact) mass is 365 g/mol.